The fourth-order valence-corrected chi connectivity index (χ4v) is 2.54. The Morgan fingerprint density at radius 3 is 2.81 bits per heavy atom. The second kappa shape index (κ2) is 6.35. The smallest absolute Gasteiger partial charge is 0.250 e. The number of benzene rings is 1. The van der Waals surface area contributed by atoms with Crippen molar-refractivity contribution >= 4 is 29.1 Å². The zero-order chi connectivity index (χ0) is 15.6. The molecular weight excluding hydrogens is 292 g/mol. The van der Waals surface area contributed by atoms with Crippen molar-refractivity contribution in [3.05, 3.63) is 23.2 Å². The number of carbonyl (C=O) groups excluding carboxylic acids is 2. The molecule has 114 valence electrons. The van der Waals surface area contributed by atoms with Crippen LogP contribution in [0.5, 0.6) is 5.75 Å². The zero-order valence-corrected chi connectivity index (χ0v) is 13.1. The lowest BCUT2D eigenvalue weighted by molar-refractivity contribution is -0.132. The van der Waals surface area contributed by atoms with E-state index >= 15 is 0 Å². The Bertz CT molecular complexity index is 562. The molecule has 5 nitrogen and oxygen atoms in total. The minimum atomic E-state index is -0.514. The lowest BCUT2D eigenvalue weighted by Crippen LogP contribution is -2.60. The minimum Gasteiger partial charge on any atom is -0.495 e. The first kappa shape index (κ1) is 15.6. The summed E-state index contributed by atoms with van der Waals surface area (Å²) in [7, 11) is 1.52. The van der Waals surface area contributed by atoms with Crippen LogP contribution in [0.4, 0.5) is 5.69 Å². The van der Waals surface area contributed by atoms with Crippen molar-refractivity contribution in [2.75, 3.05) is 18.6 Å². The van der Waals surface area contributed by atoms with Gasteiger partial charge in [-0.05, 0) is 24.1 Å². The van der Waals surface area contributed by atoms with Crippen LogP contribution >= 0.6 is 11.6 Å². The minimum absolute atomic E-state index is 0.0253. The largest absolute Gasteiger partial charge is 0.495 e. The van der Waals surface area contributed by atoms with Gasteiger partial charge in [-0.2, -0.15) is 0 Å². The van der Waals surface area contributed by atoms with Crippen molar-refractivity contribution in [3.63, 3.8) is 0 Å². The van der Waals surface area contributed by atoms with Gasteiger partial charge in [-0.15, -0.1) is 0 Å². The lowest BCUT2D eigenvalue weighted by atomic mass is 9.96. The molecule has 2 atom stereocenters. The van der Waals surface area contributed by atoms with Crippen molar-refractivity contribution in [2.45, 2.75) is 26.3 Å². The van der Waals surface area contributed by atoms with Crippen molar-refractivity contribution < 1.29 is 14.3 Å². The van der Waals surface area contributed by atoms with Gasteiger partial charge in [0.25, 0.3) is 0 Å². The van der Waals surface area contributed by atoms with Crippen LogP contribution < -0.4 is 15.0 Å². The Kier molecular flexibility index (Phi) is 4.73. The van der Waals surface area contributed by atoms with Gasteiger partial charge in [0.15, 0.2) is 0 Å². The number of anilines is 1. The summed E-state index contributed by atoms with van der Waals surface area (Å²) in [6, 6.07) is 4.50. The molecule has 1 aromatic carbocycles. The summed E-state index contributed by atoms with van der Waals surface area (Å²) in [5, 5.41) is 3.26. The van der Waals surface area contributed by atoms with Gasteiger partial charge >= 0.3 is 0 Å². The fourth-order valence-electron chi connectivity index (χ4n) is 2.37. The summed E-state index contributed by atoms with van der Waals surface area (Å²) < 4.78 is 5.27. The lowest BCUT2D eigenvalue weighted by Gasteiger charge is -2.35. The Morgan fingerprint density at radius 2 is 2.19 bits per heavy atom. The fraction of sp³-hybridized carbons (Fsp3) is 0.467. The number of halogens is 1. The van der Waals surface area contributed by atoms with Gasteiger partial charge < -0.3 is 10.1 Å². The molecule has 2 amide bonds. The Morgan fingerprint density at radius 1 is 1.48 bits per heavy atom. The molecule has 1 aromatic rings. The number of amides is 2. The Labute approximate surface area is 129 Å². The third kappa shape index (κ3) is 3.13. The summed E-state index contributed by atoms with van der Waals surface area (Å²) in [5.74, 6) is 0.270. The van der Waals surface area contributed by atoms with E-state index < -0.39 is 6.04 Å². The van der Waals surface area contributed by atoms with Gasteiger partial charge in [0.05, 0.1) is 12.8 Å². The topological polar surface area (TPSA) is 58.6 Å². The maximum absolute atomic E-state index is 12.7. The highest BCUT2D eigenvalue weighted by molar-refractivity contribution is 6.31. The number of nitrogens with one attached hydrogen (secondary N) is 1. The molecule has 0 saturated carbocycles. The average molecular weight is 311 g/mol. The van der Waals surface area contributed by atoms with Crippen molar-refractivity contribution in [1.82, 2.24) is 5.32 Å². The van der Waals surface area contributed by atoms with E-state index in [1.807, 2.05) is 13.8 Å². The van der Waals surface area contributed by atoms with E-state index in [0.29, 0.717) is 16.5 Å². The van der Waals surface area contributed by atoms with E-state index in [1.54, 1.807) is 18.2 Å². The van der Waals surface area contributed by atoms with Crippen LogP contribution in [0.15, 0.2) is 18.2 Å². The third-order valence-electron chi connectivity index (χ3n) is 3.79. The molecule has 0 aromatic heterocycles. The molecule has 1 aliphatic rings. The van der Waals surface area contributed by atoms with Crippen molar-refractivity contribution in [2.24, 2.45) is 5.92 Å². The summed E-state index contributed by atoms with van der Waals surface area (Å²) in [6.07, 6.45) is 0.803. The summed E-state index contributed by atoms with van der Waals surface area (Å²) >= 11 is 6.01. The molecule has 1 fully saturated rings. The molecule has 0 radical (unpaired) electrons. The standard InChI is InChI=1S/C15H19ClN2O3/c1-4-9(2)14-15(20)18(8-13(19)17-14)11-7-10(16)5-6-12(11)21-3/h5-7,9,14H,4,8H2,1-3H3,(H,17,19). The van der Waals surface area contributed by atoms with Crippen LogP contribution in [0.25, 0.3) is 0 Å². The summed E-state index contributed by atoms with van der Waals surface area (Å²) in [4.78, 5) is 26.0. The van der Waals surface area contributed by atoms with Crippen LogP contribution in [-0.2, 0) is 9.59 Å². The van der Waals surface area contributed by atoms with Crippen LogP contribution in [-0.4, -0.2) is 31.5 Å². The second-order valence-corrected chi connectivity index (χ2v) is 5.61. The molecule has 6 heteroatoms. The Balaban J connectivity index is 2.40. The third-order valence-corrected chi connectivity index (χ3v) is 4.03. The van der Waals surface area contributed by atoms with Gasteiger partial charge in [-0.1, -0.05) is 31.9 Å². The SMILES string of the molecule is CCC(C)C1NC(=O)CN(c2cc(Cl)ccc2OC)C1=O. The first-order chi connectivity index (χ1) is 9.97. The molecule has 21 heavy (non-hydrogen) atoms. The zero-order valence-electron chi connectivity index (χ0n) is 12.4. The number of ether oxygens (including phenoxy) is 1. The van der Waals surface area contributed by atoms with Crippen LogP contribution in [0.1, 0.15) is 20.3 Å². The van der Waals surface area contributed by atoms with E-state index in [-0.39, 0.29) is 24.3 Å². The van der Waals surface area contributed by atoms with E-state index in [0.717, 1.165) is 6.42 Å². The van der Waals surface area contributed by atoms with E-state index in [4.69, 9.17) is 16.3 Å². The van der Waals surface area contributed by atoms with Crippen LogP contribution in [0.2, 0.25) is 5.02 Å². The number of nitrogens with zero attached hydrogens (tertiary/aromatic N) is 1. The molecule has 1 aliphatic heterocycles. The molecule has 1 heterocycles. The van der Waals surface area contributed by atoms with E-state index in [9.17, 15) is 9.59 Å². The first-order valence-electron chi connectivity index (χ1n) is 6.92. The van der Waals surface area contributed by atoms with Gasteiger partial charge in [0, 0.05) is 5.02 Å². The maximum Gasteiger partial charge on any atom is 0.250 e. The maximum atomic E-state index is 12.7. The predicted molar refractivity (Wildman–Crippen MR) is 81.7 cm³/mol. The number of carbonyl (C=O) groups is 2. The van der Waals surface area contributed by atoms with Crippen LogP contribution in [0, 0.1) is 5.92 Å². The van der Waals surface area contributed by atoms with Crippen molar-refractivity contribution in [3.8, 4) is 5.75 Å². The summed E-state index contributed by atoms with van der Waals surface area (Å²) in [6.45, 7) is 3.91. The normalized spacial score (nSPS) is 20.2. The molecule has 1 N–H and O–H groups in total. The van der Waals surface area contributed by atoms with E-state index in [2.05, 4.69) is 5.32 Å². The molecule has 0 spiro atoms. The highest BCUT2D eigenvalue weighted by Gasteiger charge is 2.37. The number of hydrogen-bond acceptors (Lipinski definition) is 3. The molecule has 2 unspecified atom stereocenters. The van der Waals surface area contributed by atoms with Gasteiger partial charge in [0.2, 0.25) is 11.8 Å². The quantitative estimate of drug-likeness (QED) is 0.927. The van der Waals surface area contributed by atoms with Crippen molar-refractivity contribution in [1.29, 1.82) is 0 Å². The monoisotopic (exact) mass is 310 g/mol. The van der Waals surface area contributed by atoms with Gasteiger partial charge in [0.1, 0.15) is 18.3 Å². The Hall–Kier alpha value is -1.75. The van der Waals surface area contributed by atoms with Gasteiger partial charge in [-0.25, -0.2) is 0 Å². The molecule has 0 bridgehead atoms. The number of hydrogen-bond donors (Lipinski definition) is 1. The first-order valence-corrected chi connectivity index (χ1v) is 7.30. The predicted octanol–water partition coefficient (Wildman–Crippen LogP) is 2.23. The molecule has 0 aliphatic carbocycles. The molecular formula is C15H19ClN2O3. The number of methoxy groups -OCH3 is 1. The highest BCUT2D eigenvalue weighted by Crippen LogP contribution is 2.33. The van der Waals surface area contributed by atoms with Crippen LogP contribution in [0.3, 0.4) is 0 Å². The highest BCUT2D eigenvalue weighted by atomic mass is 35.5. The molecule has 1 saturated heterocycles. The van der Waals surface area contributed by atoms with E-state index in [1.165, 1.54) is 12.0 Å². The number of piperazine rings is 1. The average Bonchev–Trinajstić information content (AvgIpc) is 2.48. The van der Waals surface area contributed by atoms with Gasteiger partial charge in [-0.3, -0.25) is 14.5 Å². The molecule has 2 rings (SSSR count). The second-order valence-electron chi connectivity index (χ2n) is 5.17. The number of rotatable bonds is 4. The summed E-state index contributed by atoms with van der Waals surface area (Å²) in [5.41, 5.74) is 0.526.